The van der Waals surface area contributed by atoms with E-state index in [4.69, 9.17) is 5.11 Å². The molecule has 0 bridgehead atoms. The molecular formula is C6H6BrF2NO2S. The molecule has 1 heterocycles. The summed E-state index contributed by atoms with van der Waals surface area (Å²) in [7, 11) is 1.37. The molecule has 0 amide bonds. The summed E-state index contributed by atoms with van der Waals surface area (Å²) in [6.07, 6.45) is -1.89. The molecule has 1 aromatic rings. The van der Waals surface area contributed by atoms with Crippen LogP contribution in [0.25, 0.3) is 0 Å². The Morgan fingerprint density at radius 2 is 2.38 bits per heavy atom. The first-order valence-corrected chi connectivity index (χ1v) is 4.77. The fourth-order valence-corrected chi connectivity index (χ4v) is 1.78. The molecule has 0 aromatic carbocycles. The zero-order chi connectivity index (χ0) is 10.1. The maximum atomic E-state index is 12.5. The number of alkyl halides is 3. The molecule has 1 unspecified atom stereocenters. The zero-order valence-corrected chi connectivity index (χ0v) is 8.90. The Hall–Kier alpha value is -0.270. The monoisotopic (exact) mass is 273 g/mol. The van der Waals surface area contributed by atoms with Gasteiger partial charge in [-0.15, -0.1) is 0 Å². The van der Waals surface area contributed by atoms with Gasteiger partial charge in [-0.1, -0.05) is 0 Å². The molecule has 0 fully saturated rings. The molecule has 1 rings (SSSR count). The molecule has 1 atom stereocenters. The molecule has 1 N–H and O–H groups in total. The molecule has 0 radical (unpaired) electrons. The lowest BCUT2D eigenvalue weighted by Crippen LogP contribution is -2.16. The van der Waals surface area contributed by atoms with Crippen molar-refractivity contribution >= 4 is 27.5 Å². The van der Waals surface area contributed by atoms with Gasteiger partial charge in [-0.2, -0.15) is 13.2 Å². The standard InChI is InChI=1S/C6H6BrF2NO2S/c1-12-4-2-3(13-10-4)5(11)6(7,8)9/h2,5,11H,1H3. The second-order valence-electron chi connectivity index (χ2n) is 2.22. The van der Waals surface area contributed by atoms with Crippen LogP contribution >= 0.6 is 27.5 Å². The Labute approximate surface area is 85.6 Å². The van der Waals surface area contributed by atoms with Crippen molar-refractivity contribution in [1.82, 2.24) is 4.37 Å². The van der Waals surface area contributed by atoms with Gasteiger partial charge in [-0.3, -0.25) is 0 Å². The molecule has 0 saturated heterocycles. The van der Waals surface area contributed by atoms with E-state index in [0.717, 1.165) is 11.5 Å². The summed E-state index contributed by atoms with van der Waals surface area (Å²) in [6, 6.07) is 1.27. The van der Waals surface area contributed by atoms with Crippen molar-refractivity contribution in [2.24, 2.45) is 0 Å². The summed E-state index contributed by atoms with van der Waals surface area (Å²) < 4.78 is 33.4. The zero-order valence-electron chi connectivity index (χ0n) is 6.50. The first-order chi connectivity index (χ1) is 5.95. The predicted molar refractivity (Wildman–Crippen MR) is 47.5 cm³/mol. The van der Waals surface area contributed by atoms with E-state index in [1.807, 2.05) is 0 Å². The van der Waals surface area contributed by atoms with E-state index in [-0.39, 0.29) is 10.8 Å². The third-order valence-electron chi connectivity index (χ3n) is 1.30. The number of nitrogens with zero attached hydrogens (tertiary/aromatic N) is 1. The minimum atomic E-state index is -3.34. The quantitative estimate of drug-likeness (QED) is 0.859. The van der Waals surface area contributed by atoms with Crippen LogP contribution in [0, 0.1) is 0 Å². The molecular weight excluding hydrogens is 268 g/mol. The van der Waals surface area contributed by atoms with E-state index in [9.17, 15) is 8.78 Å². The van der Waals surface area contributed by atoms with Crippen LogP contribution in [0.5, 0.6) is 5.88 Å². The van der Waals surface area contributed by atoms with Crippen LogP contribution in [0.15, 0.2) is 6.07 Å². The highest BCUT2D eigenvalue weighted by molar-refractivity contribution is 9.10. The highest BCUT2D eigenvalue weighted by Gasteiger charge is 2.37. The second-order valence-corrected chi connectivity index (χ2v) is 4.11. The predicted octanol–water partition coefficient (Wildman–Crippen LogP) is 2.17. The summed E-state index contributed by atoms with van der Waals surface area (Å²) >= 11 is 2.84. The summed E-state index contributed by atoms with van der Waals surface area (Å²) in [4.78, 5) is -3.29. The first kappa shape index (κ1) is 10.8. The van der Waals surface area contributed by atoms with E-state index in [1.54, 1.807) is 0 Å². The van der Waals surface area contributed by atoms with Gasteiger partial charge in [0.05, 0.1) is 12.0 Å². The molecule has 0 aliphatic heterocycles. The van der Waals surface area contributed by atoms with Gasteiger partial charge in [0.1, 0.15) is 0 Å². The van der Waals surface area contributed by atoms with Gasteiger partial charge in [-0.25, -0.2) is 0 Å². The van der Waals surface area contributed by atoms with Crippen LogP contribution in [0.4, 0.5) is 8.78 Å². The normalized spacial score (nSPS) is 14.2. The van der Waals surface area contributed by atoms with Crippen LogP contribution in [0.2, 0.25) is 0 Å². The second kappa shape index (κ2) is 3.85. The van der Waals surface area contributed by atoms with Gasteiger partial charge in [-0.05, 0) is 27.5 Å². The number of hydrogen-bond donors (Lipinski definition) is 1. The average molecular weight is 274 g/mol. The van der Waals surface area contributed by atoms with E-state index in [2.05, 4.69) is 25.0 Å². The van der Waals surface area contributed by atoms with Crippen LogP contribution in [-0.4, -0.2) is 21.4 Å². The minimum Gasteiger partial charge on any atom is -0.480 e. The van der Waals surface area contributed by atoms with E-state index in [0.29, 0.717) is 0 Å². The lowest BCUT2D eigenvalue weighted by atomic mass is 10.3. The Morgan fingerprint density at radius 1 is 1.77 bits per heavy atom. The summed E-state index contributed by atoms with van der Waals surface area (Å²) in [5.41, 5.74) is 0. The number of halogens is 3. The van der Waals surface area contributed by atoms with Gasteiger partial charge in [0.25, 0.3) is 0 Å². The lowest BCUT2D eigenvalue weighted by molar-refractivity contribution is -0.0275. The molecule has 13 heavy (non-hydrogen) atoms. The molecule has 0 saturated carbocycles. The van der Waals surface area contributed by atoms with Crippen LogP contribution in [0.1, 0.15) is 11.0 Å². The van der Waals surface area contributed by atoms with Crippen molar-refractivity contribution in [3.8, 4) is 5.88 Å². The topological polar surface area (TPSA) is 42.4 Å². The fourth-order valence-electron chi connectivity index (χ4n) is 0.658. The Balaban J connectivity index is 2.83. The molecule has 7 heteroatoms. The number of aliphatic hydroxyl groups is 1. The molecule has 74 valence electrons. The number of ether oxygens (including phenoxy) is 1. The van der Waals surface area contributed by atoms with Crippen LogP contribution in [-0.2, 0) is 0 Å². The van der Waals surface area contributed by atoms with Gasteiger partial charge in [0, 0.05) is 6.07 Å². The molecule has 0 spiro atoms. The van der Waals surface area contributed by atoms with Gasteiger partial charge < -0.3 is 9.84 Å². The van der Waals surface area contributed by atoms with Gasteiger partial charge in [0.15, 0.2) is 6.10 Å². The fraction of sp³-hybridized carbons (Fsp3) is 0.500. The van der Waals surface area contributed by atoms with Gasteiger partial charge in [0.2, 0.25) is 5.88 Å². The first-order valence-electron chi connectivity index (χ1n) is 3.20. The third kappa shape index (κ3) is 2.58. The van der Waals surface area contributed by atoms with Crippen molar-refractivity contribution in [3.05, 3.63) is 10.9 Å². The van der Waals surface area contributed by atoms with Crippen molar-refractivity contribution in [2.75, 3.05) is 7.11 Å². The largest absolute Gasteiger partial charge is 0.480 e. The van der Waals surface area contributed by atoms with E-state index >= 15 is 0 Å². The highest BCUT2D eigenvalue weighted by Crippen LogP contribution is 2.39. The number of hydrogen-bond acceptors (Lipinski definition) is 4. The third-order valence-corrected chi connectivity index (χ3v) is 2.55. The maximum absolute atomic E-state index is 12.5. The minimum absolute atomic E-state index is 0.0544. The molecule has 3 nitrogen and oxygen atoms in total. The van der Waals surface area contributed by atoms with Crippen LogP contribution in [0.3, 0.4) is 0 Å². The van der Waals surface area contributed by atoms with E-state index in [1.165, 1.54) is 13.2 Å². The summed E-state index contributed by atoms with van der Waals surface area (Å²) in [6.45, 7) is 0. The van der Waals surface area contributed by atoms with E-state index < -0.39 is 10.9 Å². The molecule has 1 aromatic heterocycles. The average Bonchev–Trinajstić information content (AvgIpc) is 2.48. The highest BCUT2D eigenvalue weighted by atomic mass is 79.9. The SMILES string of the molecule is COc1cc(C(O)C(F)(F)Br)sn1. The lowest BCUT2D eigenvalue weighted by Gasteiger charge is -2.13. The number of aliphatic hydroxyl groups excluding tert-OH is 1. The number of aromatic nitrogens is 1. The number of methoxy groups -OCH3 is 1. The van der Waals surface area contributed by atoms with Crippen molar-refractivity contribution < 1.29 is 18.6 Å². The Bertz CT molecular complexity index is 288. The smallest absolute Gasteiger partial charge is 0.331 e. The van der Waals surface area contributed by atoms with Crippen molar-refractivity contribution in [2.45, 2.75) is 10.9 Å². The molecule has 0 aliphatic carbocycles. The Morgan fingerprint density at radius 3 is 2.77 bits per heavy atom. The molecule has 0 aliphatic rings. The van der Waals surface area contributed by atoms with Crippen LogP contribution < -0.4 is 4.74 Å². The maximum Gasteiger partial charge on any atom is 0.331 e. The number of rotatable bonds is 3. The van der Waals surface area contributed by atoms with Gasteiger partial charge >= 0.3 is 4.83 Å². The Kier molecular flexibility index (Phi) is 3.20. The summed E-state index contributed by atoms with van der Waals surface area (Å²) in [5, 5.41) is 9.08. The van der Waals surface area contributed by atoms with Crippen molar-refractivity contribution in [3.63, 3.8) is 0 Å². The van der Waals surface area contributed by atoms with Crippen molar-refractivity contribution in [1.29, 1.82) is 0 Å². The summed E-state index contributed by atoms with van der Waals surface area (Å²) in [5.74, 6) is 0.218.